The zero-order valence-electron chi connectivity index (χ0n) is 23.5. The van der Waals surface area contributed by atoms with E-state index in [1.54, 1.807) is 19.3 Å². The SMILES string of the molecule is CCNC(=O)[C@H]1O[C@@H](n2cnc3c(NCC(c4ccccc4)c4ccccc4)nc(NCc4ncc[nH]4)nc32)[C@H](O)[C@@H]1O. The minimum Gasteiger partial charge on any atom is -0.387 e. The van der Waals surface area contributed by atoms with Gasteiger partial charge in [0, 0.05) is 31.4 Å². The molecule has 0 radical (unpaired) electrons. The van der Waals surface area contributed by atoms with E-state index in [1.807, 2.05) is 36.4 Å². The fourth-order valence-electron chi connectivity index (χ4n) is 5.24. The van der Waals surface area contributed by atoms with Crippen LogP contribution < -0.4 is 16.0 Å². The Hall–Kier alpha value is -4.85. The van der Waals surface area contributed by atoms with Crippen LogP contribution in [-0.4, -0.2) is 77.0 Å². The molecule has 2 aromatic carbocycles. The molecule has 6 rings (SSSR count). The average molecular weight is 584 g/mol. The number of anilines is 2. The first-order valence-electron chi connectivity index (χ1n) is 14.1. The molecule has 13 nitrogen and oxygen atoms in total. The molecule has 1 saturated heterocycles. The second kappa shape index (κ2) is 12.6. The second-order valence-electron chi connectivity index (χ2n) is 10.2. The lowest BCUT2D eigenvalue weighted by atomic mass is 9.91. The normalized spacial score (nSPS) is 20.0. The minimum atomic E-state index is -1.43. The van der Waals surface area contributed by atoms with Gasteiger partial charge >= 0.3 is 0 Å². The van der Waals surface area contributed by atoms with Crippen LogP contribution >= 0.6 is 0 Å². The summed E-state index contributed by atoms with van der Waals surface area (Å²) in [6.45, 7) is 2.97. The van der Waals surface area contributed by atoms with Crippen molar-refractivity contribution in [2.75, 3.05) is 23.7 Å². The number of nitrogens with one attached hydrogen (secondary N) is 4. The zero-order chi connectivity index (χ0) is 29.8. The number of benzene rings is 2. The number of hydrogen-bond acceptors (Lipinski definition) is 10. The van der Waals surface area contributed by atoms with Gasteiger partial charge in [0.1, 0.15) is 18.0 Å². The highest BCUT2D eigenvalue weighted by Crippen LogP contribution is 2.34. The first-order chi connectivity index (χ1) is 21.0. The first kappa shape index (κ1) is 28.3. The van der Waals surface area contributed by atoms with Gasteiger partial charge in [0.15, 0.2) is 29.3 Å². The molecule has 5 aromatic rings. The summed E-state index contributed by atoms with van der Waals surface area (Å²) in [7, 11) is 0. The molecular weight excluding hydrogens is 550 g/mol. The monoisotopic (exact) mass is 583 g/mol. The maximum absolute atomic E-state index is 12.5. The predicted molar refractivity (Wildman–Crippen MR) is 159 cm³/mol. The molecule has 0 spiro atoms. The maximum Gasteiger partial charge on any atom is 0.252 e. The molecule has 0 bridgehead atoms. The van der Waals surface area contributed by atoms with Crippen molar-refractivity contribution in [2.24, 2.45) is 0 Å². The van der Waals surface area contributed by atoms with Gasteiger partial charge < -0.3 is 35.9 Å². The Bertz CT molecular complexity index is 1610. The Morgan fingerprint density at radius 1 is 1.00 bits per heavy atom. The van der Waals surface area contributed by atoms with E-state index in [-0.39, 0.29) is 11.9 Å². The first-order valence-corrected chi connectivity index (χ1v) is 14.1. The second-order valence-corrected chi connectivity index (χ2v) is 10.2. The van der Waals surface area contributed by atoms with Crippen molar-refractivity contribution in [3.8, 4) is 0 Å². The number of carbonyl (C=O) groups is 1. The number of ether oxygens (including phenoxy) is 1. The molecule has 1 aliphatic rings. The van der Waals surface area contributed by atoms with Crippen LogP contribution in [0.3, 0.4) is 0 Å². The summed E-state index contributed by atoms with van der Waals surface area (Å²) >= 11 is 0. The topological polar surface area (TPSA) is 175 Å². The van der Waals surface area contributed by atoms with Crippen molar-refractivity contribution in [2.45, 2.75) is 43.9 Å². The van der Waals surface area contributed by atoms with E-state index in [1.165, 1.54) is 10.9 Å². The van der Waals surface area contributed by atoms with Crippen LogP contribution in [0.4, 0.5) is 11.8 Å². The van der Waals surface area contributed by atoms with Gasteiger partial charge in [-0.1, -0.05) is 60.7 Å². The van der Waals surface area contributed by atoms with Crippen molar-refractivity contribution in [3.63, 3.8) is 0 Å². The predicted octanol–water partition coefficient (Wildman–Crippen LogP) is 2.16. The van der Waals surface area contributed by atoms with Gasteiger partial charge in [-0.2, -0.15) is 9.97 Å². The number of rotatable bonds is 11. The van der Waals surface area contributed by atoms with Crippen molar-refractivity contribution in [1.82, 2.24) is 34.8 Å². The largest absolute Gasteiger partial charge is 0.387 e. The molecule has 0 saturated carbocycles. The minimum absolute atomic E-state index is 0.0157. The molecule has 13 heteroatoms. The fraction of sp³-hybridized carbons (Fsp3) is 0.300. The Kier molecular flexibility index (Phi) is 8.27. The summed E-state index contributed by atoms with van der Waals surface area (Å²) in [5, 5.41) is 30.8. The number of nitrogens with zero attached hydrogens (tertiary/aromatic N) is 5. The number of fused-ring (bicyclic) bond motifs is 1. The molecule has 6 N–H and O–H groups in total. The number of carbonyl (C=O) groups excluding carboxylic acids is 1. The fourth-order valence-corrected chi connectivity index (χ4v) is 5.24. The molecule has 43 heavy (non-hydrogen) atoms. The van der Waals surface area contributed by atoms with Gasteiger partial charge in [0.05, 0.1) is 12.9 Å². The number of aromatic amines is 1. The molecular formula is C30H33N9O4. The van der Waals surface area contributed by atoms with Crippen LogP contribution in [0.15, 0.2) is 79.4 Å². The van der Waals surface area contributed by atoms with Gasteiger partial charge in [-0.05, 0) is 18.1 Å². The van der Waals surface area contributed by atoms with Crippen LogP contribution in [-0.2, 0) is 16.1 Å². The van der Waals surface area contributed by atoms with Gasteiger partial charge in [-0.15, -0.1) is 0 Å². The lowest BCUT2D eigenvalue weighted by molar-refractivity contribution is -0.137. The van der Waals surface area contributed by atoms with Crippen molar-refractivity contribution >= 4 is 28.8 Å². The van der Waals surface area contributed by atoms with Gasteiger partial charge in [0.25, 0.3) is 5.91 Å². The molecule has 0 aliphatic carbocycles. The van der Waals surface area contributed by atoms with E-state index in [2.05, 4.69) is 60.2 Å². The van der Waals surface area contributed by atoms with Crippen LogP contribution in [0.25, 0.3) is 11.2 Å². The van der Waals surface area contributed by atoms with E-state index in [9.17, 15) is 15.0 Å². The summed E-state index contributed by atoms with van der Waals surface area (Å²) in [6.07, 6.45) is -0.315. The number of H-pyrrole nitrogens is 1. The molecule has 4 heterocycles. The summed E-state index contributed by atoms with van der Waals surface area (Å²) in [4.78, 5) is 33.7. The van der Waals surface area contributed by atoms with Gasteiger partial charge in [0.2, 0.25) is 5.95 Å². The number of aliphatic hydroxyl groups is 2. The molecule has 1 fully saturated rings. The Labute approximate surface area is 247 Å². The standard InChI is InChI=1S/C30H33N9O4/c1-2-31-28(42)25-23(40)24(41)29(43-25)39-17-36-22-26(37-30(38-27(22)39)35-16-21-32-13-14-33-21)34-15-20(18-9-5-3-6-10-18)19-11-7-4-8-12-19/h3-14,17,20,23-25,29,40-41H,2,15-16H2,1H3,(H,31,42)(H,32,33)(H2,34,35,37,38)/t23-,24+,25-,29+/m0/s1. The molecule has 4 atom stereocenters. The van der Waals surface area contributed by atoms with Crippen LogP contribution in [0.5, 0.6) is 0 Å². The number of amides is 1. The summed E-state index contributed by atoms with van der Waals surface area (Å²) in [5.74, 6) is 0.962. The van der Waals surface area contributed by atoms with E-state index in [0.717, 1.165) is 11.1 Å². The third-order valence-electron chi connectivity index (χ3n) is 7.39. The average Bonchev–Trinajstić information content (AvgIpc) is 3.77. The quantitative estimate of drug-likeness (QED) is 0.135. The Balaban J connectivity index is 1.35. The van der Waals surface area contributed by atoms with Crippen molar-refractivity contribution in [1.29, 1.82) is 0 Å². The lowest BCUT2D eigenvalue weighted by Crippen LogP contribution is -2.42. The molecule has 1 amide bonds. The molecule has 3 aromatic heterocycles. The number of imidazole rings is 2. The van der Waals surface area contributed by atoms with E-state index in [0.29, 0.717) is 42.4 Å². The number of aromatic nitrogens is 6. The van der Waals surface area contributed by atoms with E-state index >= 15 is 0 Å². The Morgan fingerprint density at radius 2 is 1.72 bits per heavy atom. The third-order valence-corrected chi connectivity index (χ3v) is 7.39. The lowest BCUT2D eigenvalue weighted by Gasteiger charge is -2.20. The van der Waals surface area contributed by atoms with Gasteiger partial charge in [-0.25, -0.2) is 9.97 Å². The highest BCUT2D eigenvalue weighted by molar-refractivity contribution is 5.85. The highest BCUT2D eigenvalue weighted by Gasteiger charge is 2.47. The summed E-state index contributed by atoms with van der Waals surface area (Å²) < 4.78 is 7.37. The summed E-state index contributed by atoms with van der Waals surface area (Å²) in [6, 6.07) is 20.4. The highest BCUT2D eigenvalue weighted by atomic mass is 16.6. The van der Waals surface area contributed by atoms with Crippen LogP contribution in [0, 0.1) is 0 Å². The van der Waals surface area contributed by atoms with Crippen LogP contribution in [0.1, 0.15) is 36.0 Å². The zero-order valence-corrected chi connectivity index (χ0v) is 23.5. The van der Waals surface area contributed by atoms with Crippen molar-refractivity contribution < 1.29 is 19.7 Å². The molecule has 0 unspecified atom stereocenters. The smallest absolute Gasteiger partial charge is 0.252 e. The maximum atomic E-state index is 12.5. The number of hydrogen-bond donors (Lipinski definition) is 6. The Morgan fingerprint density at radius 3 is 2.37 bits per heavy atom. The van der Waals surface area contributed by atoms with Crippen molar-refractivity contribution in [3.05, 3.63) is 96.3 Å². The number of aliphatic hydroxyl groups excluding tert-OH is 2. The summed E-state index contributed by atoms with van der Waals surface area (Å²) in [5.41, 5.74) is 3.07. The van der Waals surface area contributed by atoms with E-state index in [4.69, 9.17) is 9.72 Å². The van der Waals surface area contributed by atoms with Gasteiger partial charge in [-0.3, -0.25) is 9.36 Å². The molecule has 222 valence electrons. The van der Waals surface area contributed by atoms with Crippen LogP contribution in [0.2, 0.25) is 0 Å². The molecule has 1 aliphatic heterocycles. The third kappa shape index (κ3) is 5.91. The number of likely N-dealkylation sites (N-methyl/N-ethyl adjacent to an activating group) is 1. The van der Waals surface area contributed by atoms with E-state index < -0.39 is 30.4 Å².